The van der Waals surface area contributed by atoms with Gasteiger partial charge in [-0.1, -0.05) is 19.3 Å². The molecule has 26 heavy (non-hydrogen) atoms. The molecule has 1 saturated heterocycles. The van der Waals surface area contributed by atoms with Crippen LogP contribution >= 0.6 is 12.2 Å². The Morgan fingerprint density at radius 3 is 2.15 bits per heavy atom. The normalized spacial score (nSPS) is 18.5. The molecule has 1 N–H and O–H groups in total. The largest absolute Gasteiger partial charge is 0.378 e. The molecule has 1 amide bonds. The summed E-state index contributed by atoms with van der Waals surface area (Å²) in [6.07, 6.45) is 5.84. The van der Waals surface area contributed by atoms with Crippen molar-refractivity contribution in [2.75, 3.05) is 50.5 Å². The molecule has 1 heterocycles. The summed E-state index contributed by atoms with van der Waals surface area (Å²) in [5, 5.41) is 4.06. The van der Waals surface area contributed by atoms with Gasteiger partial charge in [-0.15, -0.1) is 0 Å². The van der Waals surface area contributed by atoms with Crippen LogP contribution in [0.3, 0.4) is 0 Å². The predicted molar refractivity (Wildman–Crippen MR) is 112 cm³/mol. The Balaban J connectivity index is 1.48. The molecule has 0 bridgehead atoms. The van der Waals surface area contributed by atoms with Gasteiger partial charge in [0, 0.05) is 57.6 Å². The van der Waals surface area contributed by atoms with Gasteiger partial charge in [0.25, 0.3) is 0 Å². The number of thiocarbonyl (C=S) groups is 1. The Bertz CT molecular complexity index is 617. The number of hydrogen-bond acceptors (Lipinski definition) is 3. The highest BCUT2D eigenvalue weighted by Crippen LogP contribution is 2.26. The molecule has 0 atom stereocenters. The Morgan fingerprint density at radius 1 is 1.00 bits per heavy atom. The van der Waals surface area contributed by atoms with Crippen molar-refractivity contribution in [2.24, 2.45) is 5.92 Å². The lowest BCUT2D eigenvalue weighted by Crippen LogP contribution is -2.53. The minimum Gasteiger partial charge on any atom is -0.378 e. The maximum absolute atomic E-state index is 12.7. The highest BCUT2D eigenvalue weighted by molar-refractivity contribution is 7.80. The Kier molecular flexibility index (Phi) is 6.35. The van der Waals surface area contributed by atoms with Crippen LogP contribution in [-0.2, 0) is 4.79 Å². The summed E-state index contributed by atoms with van der Waals surface area (Å²) in [5.41, 5.74) is 2.16. The molecule has 1 aromatic rings. The lowest BCUT2D eigenvalue weighted by atomic mass is 9.88. The monoisotopic (exact) mass is 374 g/mol. The van der Waals surface area contributed by atoms with Gasteiger partial charge in [-0.3, -0.25) is 4.79 Å². The second kappa shape index (κ2) is 8.71. The van der Waals surface area contributed by atoms with E-state index in [1.807, 2.05) is 31.1 Å². The van der Waals surface area contributed by atoms with Gasteiger partial charge in [0.1, 0.15) is 0 Å². The van der Waals surface area contributed by atoms with Crippen LogP contribution in [0.25, 0.3) is 0 Å². The summed E-state index contributed by atoms with van der Waals surface area (Å²) in [7, 11) is 4.06. The van der Waals surface area contributed by atoms with Crippen molar-refractivity contribution in [3.8, 4) is 0 Å². The van der Waals surface area contributed by atoms with Gasteiger partial charge >= 0.3 is 0 Å². The van der Waals surface area contributed by atoms with E-state index in [4.69, 9.17) is 12.2 Å². The fourth-order valence-electron chi connectivity index (χ4n) is 3.78. The number of piperazine rings is 1. The molecule has 5 nitrogen and oxygen atoms in total. The third-order valence-electron chi connectivity index (χ3n) is 5.47. The maximum atomic E-state index is 12.7. The molecule has 2 aliphatic rings. The molecule has 6 heteroatoms. The Morgan fingerprint density at radius 2 is 1.58 bits per heavy atom. The number of carbonyl (C=O) groups is 1. The number of amides is 1. The van der Waals surface area contributed by atoms with Crippen LogP contribution in [0.4, 0.5) is 11.4 Å². The summed E-state index contributed by atoms with van der Waals surface area (Å²) in [4.78, 5) is 18.9. The molecular formula is C20H30N4OS. The zero-order chi connectivity index (χ0) is 18.5. The van der Waals surface area contributed by atoms with Gasteiger partial charge in [0.2, 0.25) is 5.91 Å². The predicted octanol–water partition coefficient (Wildman–Crippen LogP) is 3.17. The smallest absolute Gasteiger partial charge is 0.225 e. The van der Waals surface area contributed by atoms with Crippen molar-refractivity contribution in [3.63, 3.8) is 0 Å². The van der Waals surface area contributed by atoms with Gasteiger partial charge < -0.3 is 20.0 Å². The minimum absolute atomic E-state index is 0.260. The van der Waals surface area contributed by atoms with E-state index < -0.39 is 0 Å². The van der Waals surface area contributed by atoms with Crippen LogP contribution in [-0.4, -0.2) is 61.1 Å². The standard InChI is InChI=1S/C20H30N4OS/c1-22(2)18-10-8-17(9-11-18)21-20(26)24-14-12-23(13-15-24)19(25)16-6-4-3-5-7-16/h8-11,16H,3-7,12-15H2,1-2H3,(H,21,26). The van der Waals surface area contributed by atoms with E-state index >= 15 is 0 Å². The Hall–Kier alpha value is -1.82. The summed E-state index contributed by atoms with van der Waals surface area (Å²) in [6, 6.07) is 8.24. The van der Waals surface area contributed by atoms with Gasteiger partial charge in [-0.05, 0) is 49.3 Å². The third kappa shape index (κ3) is 4.67. The topological polar surface area (TPSA) is 38.8 Å². The van der Waals surface area contributed by atoms with Gasteiger partial charge in [-0.25, -0.2) is 0 Å². The molecule has 3 rings (SSSR count). The van der Waals surface area contributed by atoms with Crippen LogP contribution in [0, 0.1) is 5.92 Å². The SMILES string of the molecule is CN(C)c1ccc(NC(=S)N2CCN(C(=O)C3CCCCC3)CC2)cc1. The number of carbonyl (C=O) groups excluding carboxylic acids is 1. The molecule has 1 saturated carbocycles. The van der Waals surface area contributed by atoms with E-state index in [1.54, 1.807) is 0 Å². The highest BCUT2D eigenvalue weighted by atomic mass is 32.1. The quantitative estimate of drug-likeness (QED) is 0.823. The lowest BCUT2D eigenvalue weighted by molar-refractivity contribution is -0.137. The van der Waals surface area contributed by atoms with Gasteiger partial charge in [0.05, 0.1) is 0 Å². The van der Waals surface area contributed by atoms with Crippen LogP contribution in [0.1, 0.15) is 32.1 Å². The summed E-state index contributed by atoms with van der Waals surface area (Å²) in [5.74, 6) is 0.623. The van der Waals surface area contributed by atoms with E-state index in [1.165, 1.54) is 19.3 Å². The average molecular weight is 375 g/mol. The first kappa shape index (κ1) is 19.0. The molecule has 142 valence electrons. The van der Waals surface area contributed by atoms with E-state index in [0.29, 0.717) is 5.91 Å². The first-order valence-corrected chi connectivity index (χ1v) is 10.1. The zero-order valence-corrected chi connectivity index (χ0v) is 16.7. The average Bonchev–Trinajstić information content (AvgIpc) is 2.68. The molecule has 0 aromatic heterocycles. The molecular weight excluding hydrogens is 344 g/mol. The zero-order valence-electron chi connectivity index (χ0n) is 15.9. The number of nitrogens with zero attached hydrogens (tertiary/aromatic N) is 3. The lowest BCUT2D eigenvalue weighted by Gasteiger charge is -2.38. The number of hydrogen-bond donors (Lipinski definition) is 1. The summed E-state index contributed by atoms with van der Waals surface area (Å²) in [6.45, 7) is 3.16. The first-order chi connectivity index (χ1) is 12.5. The van der Waals surface area contributed by atoms with E-state index in [0.717, 1.165) is 55.5 Å². The van der Waals surface area contributed by atoms with Crippen molar-refractivity contribution >= 4 is 34.6 Å². The minimum atomic E-state index is 0.260. The second-order valence-corrected chi connectivity index (χ2v) is 7.91. The summed E-state index contributed by atoms with van der Waals surface area (Å²) < 4.78 is 0. The summed E-state index contributed by atoms with van der Waals surface area (Å²) >= 11 is 5.57. The van der Waals surface area contributed by atoms with Gasteiger partial charge in [-0.2, -0.15) is 0 Å². The molecule has 0 radical (unpaired) electrons. The first-order valence-electron chi connectivity index (χ1n) is 9.66. The van der Waals surface area contributed by atoms with E-state index in [9.17, 15) is 4.79 Å². The van der Waals surface area contributed by atoms with Crippen molar-refractivity contribution in [1.82, 2.24) is 9.80 Å². The highest BCUT2D eigenvalue weighted by Gasteiger charge is 2.28. The van der Waals surface area contributed by atoms with Crippen LogP contribution in [0.2, 0.25) is 0 Å². The number of anilines is 2. The Labute approximate surface area is 162 Å². The van der Waals surface area contributed by atoms with Crippen LogP contribution < -0.4 is 10.2 Å². The molecule has 1 aliphatic heterocycles. The fraction of sp³-hybridized carbons (Fsp3) is 0.600. The third-order valence-corrected chi connectivity index (χ3v) is 5.83. The van der Waals surface area contributed by atoms with Crippen LogP contribution in [0.15, 0.2) is 24.3 Å². The van der Waals surface area contributed by atoms with Crippen molar-refractivity contribution in [1.29, 1.82) is 0 Å². The van der Waals surface area contributed by atoms with Gasteiger partial charge in [0.15, 0.2) is 5.11 Å². The van der Waals surface area contributed by atoms with Crippen molar-refractivity contribution < 1.29 is 4.79 Å². The second-order valence-electron chi connectivity index (χ2n) is 7.52. The fourth-order valence-corrected chi connectivity index (χ4v) is 4.08. The molecule has 0 unspecified atom stereocenters. The number of nitrogens with one attached hydrogen (secondary N) is 1. The van der Waals surface area contributed by atoms with E-state index in [-0.39, 0.29) is 5.92 Å². The molecule has 2 fully saturated rings. The number of benzene rings is 1. The number of rotatable bonds is 3. The maximum Gasteiger partial charge on any atom is 0.225 e. The van der Waals surface area contributed by atoms with Crippen molar-refractivity contribution in [3.05, 3.63) is 24.3 Å². The van der Waals surface area contributed by atoms with Crippen molar-refractivity contribution in [2.45, 2.75) is 32.1 Å². The molecule has 1 aliphatic carbocycles. The molecule has 1 aromatic carbocycles. The van der Waals surface area contributed by atoms with Crippen LogP contribution in [0.5, 0.6) is 0 Å². The van der Waals surface area contributed by atoms with E-state index in [2.05, 4.69) is 27.2 Å². The molecule has 0 spiro atoms.